The van der Waals surface area contributed by atoms with E-state index in [-0.39, 0.29) is 0 Å². The van der Waals surface area contributed by atoms with Crippen LogP contribution in [0.4, 0.5) is 0 Å². The van der Waals surface area contributed by atoms with E-state index in [2.05, 4.69) is 241 Å². The van der Waals surface area contributed by atoms with Gasteiger partial charge in [-0.2, -0.15) is 0 Å². The zero-order chi connectivity index (χ0) is 42.4. The minimum atomic E-state index is -0.990. The molecule has 0 fully saturated rings. The van der Waals surface area contributed by atoms with Crippen LogP contribution in [0.3, 0.4) is 0 Å². The Kier molecular flexibility index (Phi) is 10.2. The van der Waals surface area contributed by atoms with Crippen molar-refractivity contribution in [1.82, 2.24) is 0 Å². The van der Waals surface area contributed by atoms with Gasteiger partial charge in [-0.15, -0.1) is 0 Å². The number of halogens is 1. The van der Waals surface area contributed by atoms with Crippen molar-refractivity contribution in [3.05, 3.63) is 230 Å². The van der Waals surface area contributed by atoms with E-state index in [1.807, 2.05) is 0 Å². The molecule has 11 aromatic rings. The molecule has 11 aromatic carbocycles. The van der Waals surface area contributed by atoms with Gasteiger partial charge in [0, 0.05) is 0 Å². The quantitative estimate of drug-likeness (QED) is 0.0809. The molecule has 1 heteroatoms. The van der Waals surface area contributed by atoms with Crippen LogP contribution in [0, 0.1) is 0 Å². The third kappa shape index (κ3) is 7.02. The normalized spacial score (nSPS) is 12.3. The van der Waals surface area contributed by atoms with Gasteiger partial charge in [0.05, 0.1) is 0 Å². The molecule has 0 saturated heterocycles. The average molecular weight is 919 g/mol. The first-order chi connectivity index (χ1) is 31.0. The Bertz CT molecular complexity index is 3420. The molecule has 302 valence electrons. The summed E-state index contributed by atoms with van der Waals surface area (Å²) in [6.07, 6.45) is 0. The van der Waals surface area contributed by atoms with Gasteiger partial charge in [-0.05, 0) is 66.7 Å². The van der Waals surface area contributed by atoms with Crippen LogP contribution in [0.5, 0.6) is 0 Å². The molecular weight excluding hydrogens is 872 g/mol. The van der Waals surface area contributed by atoms with Crippen molar-refractivity contribution in [2.75, 3.05) is 9.86 Å². The molecule has 0 radical (unpaired) electrons. The Balaban J connectivity index is 1.18. The zero-order valence-electron chi connectivity index (χ0n) is 35.8. The molecule has 1 atom stereocenters. The second-order valence-corrected chi connectivity index (χ2v) is 23.4. The summed E-state index contributed by atoms with van der Waals surface area (Å²) in [4.78, 5) is 4.93. The van der Waals surface area contributed by atoms with Gasteiger partial charge in [0.15, 0.2) is 0 Å². The molecule has 0 saturated carbocycles. The molecular formula is C62H47I. The summed E-state index contributed by atoms with van der Waals surface area (Å²) in [7, 11) is 0. The second kappa shape index (κ2) is 16.5. The van der Waals surface area contributed by atoms with Crippen molar-refractivity contribution < 1.29 is 0 Å². The number of hydrogen-bond donors (Lipinski definition) is 0. The Morgan fingerprint density at radius 2 is 0.778 bits per heavy atom. The minimum absolute atomic E-state index is 0.657. The van der Waals surface area contributed by atoms with Crippen molar-refractivity contribution in [1.29, 1.82) is 0 Å². The van der Waals surface area contributed by atoms with Crippen LogP contribution in [-0.4, -0.2) is 9.86 Å². The van der Waals surface area contributed by atoms with Gasteiger partial charge in [0.2, 0.25) is 0 Å². The van der Waals surface area contributed by atoms with Crippen molar-refractivity contribution >= 4 is 62.9 Å². The molecule has 1 unspecified atom stereocenters. The Hall–Kier alpha value is -6.81. The van der Waals surface area contributed by atoms with Crippen LogP contribution in [0.25, 0.3) is 110 Å². The predicted molar refractivity (Wildman–Crippen MR) is 283 cm³/mol. The van der Waals surface area contributed by atoms with Crippen LogP contribution in [-0.2, 0) is 0 Å². The number of benzene rings is 11. The molecule has 0 aliphatic carbocycles. The first kappa shape index (κ1) is 39.1. The second-order valence-electron chi connectivity index (χ2n) is 16.8. The Labute approximate surface area is 377 Å². The summed E-state index contributed by atoms with van der Waals surface area (Å²) in [6, 6.07) is 83.7. The molecule has 0 aliphatic rings. The van der Waals surface area contributed by atoms with E-state index in [1.54, 1.807) is 0 Å². The van der Waals surface area contributed by atoms with E-state index in [0.717, 1.165) is 0 Å². The summed E-state index contributed by atoms with van der Waals surface area (Å²) in [5, 5.41) is 10.0. The molecule has 0 amide bonds. The summed E-state index contributed by atoms with van der Waals surface area (Å²) in [6.45, 7) is 2.40. The molecule has 0 aliphatic heterocycles. The van der Waals surface area contributed by atoms with Crippen LogP contribution >= 0.6 is 19.8 Å². The van der Waals surface area contributed by atoms with Gasteiger partial charge < -0.3 is 0 Å². The summed E-state index contributed by atoms with van der Waals surface area (Å²) in [5.41, 5.74) is 16.3. The van der Waals surface area contributed by atoms with E-state index in [9.17, 15) is 0 Å². The van der Waals surface area contributed by atoms with Gasteiger partial charge >= 0.3 is 186 Å². The maximum absolute atomic E-state index is 2.48. The van der Waals surface area contributed by atoms with E-state index in [1.165, 1.54) is 115 Å². The van der Waals surface area contributed by atoms with E-state index in [4.69, 9.17) is 0 Å². The van der Waals surface area contributed by atoms with Gasteiger partial charge in [-0.3, -0.25) is 0 Å². The monoisotopic (exact) mass is 918 g/mol. The average Bonchev–Trinajstić information content (AvgIpc) is 3.35. The number of hydrogen-bond acceptors (Lipinski definition) is 0. The molecule has 0 heterocycles. The van der Waals surface area contributed by atoms with E-state index < -0.39 is 19.8 Å². The SMILES string of the molecule is CC(c1ccc(-c2c3ccccc3c(-c3ccc4ccc(-c5cccc6ccccc56)c(-c5ccccc5-c5cccc(-c6ccccc6)c5)c4c3)c3ccccc23)cc1)I(C)C. The fourth-order valence-electron chi connectivity index (χ4n) is 9.82. The van der Waals surface area contributed by atoms with Crippen molar-refractivity contribution in [3.63, 3.8) is 0 Å². The number of rotatable bonds is 8. The number of fused-ring (bicyclic) bond motifs is 4. The van der Waals surface area contributed by atoms with Crippen LogP contribution in [0.2, 0.25) is 0 Å². The summed E-state index contributed by atoms with van der Waals surface area (Å²) in [5.74, 6) is 0. The van der Waals surface area contributed by atoms with Gasteiger partial charge in [0.25, 0.3) is 0 Å². The maximum atomic E-state index is 2.48. The standard InChI is InChI=1S/C62H47I/c1-41(63(2)3)42-31-34-46(35-32-42)60-54-26-11-13-28-56(54)61(57-29-14-12-27-55(57)60)49-36-33-45-37-38-58(52-30-16-20-44-19-7-8-23-50(44)52)62(59(45)40-49)53-25-10-9-24-51(53)48-22-15-21-47(39-48)43-17-5-4-6-18-43/h4-41H,1-3H3. The van der Waals surface area contributed by atoms with E-state index in [0.29, 0.717) is 3.92 Å². The fourth-order valence-corrected chi connectivity index (χ4v) is 11.7. The van der Waals surface area contributed by atoms with Gasteiger partial charge in [-0.1, -0.05) is 127 Å². The van der Waals surface area contributed by atoms with Crippen molar-refractivity contribution in [3.8, 4) is 66.8 Å². The Morgan fingerprint density at radius 3 is 1.48 bits per heavy atom. The molecule has 0 bridgehead atoms. The zero-order valence-corrected chi connectivity index (χ0v) is 38.0. The predicted octanol–water partition coefficient (Wildman–Crippen LogP) is 18.1. The van der Waals surface area contributed by atoms with Crippen molar-refractivity contribution in [2.45, 2.75) is 10.8 Å². The van der Waals surface area contributed by atoms with Crippen LogP contribution in [0.15, 0.2) is 224 Å². The number of alkyl halides is 3. The first-order valence-corrected chi connectivity index (χ1v) is 27.4. The molecule has 0 nitrogen and oxygen atoms in total. The topological polar surface area (TPSA) is 0 Å². The molecule has 11 rings (SSSR count). The molecule has 0 spiro atoms. The van der Waals surface area contributed by atoms with Crippen molar-refractivity contribution in [2.24, 2.45) is 0 Å². The van der Waals surface area contributed by atoms with E-state index >= 15 is 0 Å². The molecule has 63 heavy (non-hydrogen) atoms. The summed E-state index contributed by atoms with van der Waals surface area (Å²) >= 11 is -0.990. The molecule has 0 aromatic heterocycles. The van der Waals surface area contributed by atoms with Gasteiger partial charge in [0.1, 0.15) is 0 Å². The van der Waals surface area contributed by atoms with Gasteiger partial charge in [-0.25, -0.2) is 0 Å². The third-order valence-corrected chi connectivity index (χ3v) is 17.6. The van der Waals surface area contributed by atoms with Crippen LogP contribution in [0.1, 0.15) is 16.4 Å². The fraction of sp³-hybridized carbons (Fsp3) is 0.0645. The first-order valence-electron chi connectivity index (χ1n) is 21.8. The molecule has 0 N–H and O–H groups in total. The van der Waals surface area contributed by atoms with Crippen LogP contribution < -0.4 is 0 Å². The Morgan fingerprint density at radius 1 is 0.286 bits per heavy atom. The third-order valence-electron chi connectivity index (χ3n) is 13.1. The summed E-state index contributed by atoms with van der Waals surface area (Å²) < 4.78 is 0.657.